The van der Waals surface area contributed by atoms with Crippen molar-refractivity contribution in [2.24, 2.45) is 11.8 Å². The molecular formula is C22H30N2. The summed E-state index contributed by atoms with van der Waals surface area (Å²) < 4.78 is 0. The highest BCUT2D eigenvalue weighted by atomic mass is 15.0. The van der Waals surface area contributed by atoms with Crippen molar-refractivity contribution < 1.29 is 0 Å². The van der Waals surface area contributed by atoms with Gasteiger partial charge in [-0.3, -0.25) is 0 Å². The van der Waals surface area contributed by atoms with E-state index >= 15 is 0 Å². The number of rotatable bonds is 7. The minimum absolute atomic E-state index is 0.699. The van der Waals surface area contributed by atoms with E-state index in [1.54, 1.807) is 0 Å². The van der Waals surface area contributed by atoms with Crippen LogP contribution < -0.4 is 5.32 Å². The number of hydrogen-bond donors (Lipinski definition) is 1. The number of nitriles is 1. The molecule has 128 valence electrons. The van der Waals surface area contributed by atoms with Crippen LogP contribution in [-0.2, 0) is 0 Å². The molecule has 2 atom stereocenters. The number of unbranched alkanes of at least 4 members (excludes halogenated alkanes) is 1. The van der Waals surface area contributed by atoms with Gasteiger partial charge in [0.25, 0.3) is 0 Å². The predicted octanol–water partition coefficient (Wildman–Crippen LogP) is 5.32. The molecule has 2 nitrogen and oxygen atoms in total. The van der Waals surface area contributed by atoms with Gasteiger partial charge in [-0.25, -0.2) is 0 Å². The van der Waals surface area contributed by atoms with Crippen LogP contribution in [0.1, 0.15) is 63.9 Å². The maximum Gasteiger partial charge on any atom is 0.0621 e. The summed E-state index contributed by atoms with van der Waals surface area (Å²) in [6, 6.07) is 14.3. The Morgan fingerprint density at radius 2 is 1.96 bits per heavy atom. The third-order valence-electron chi connectivity index (χ3n) is 5.77. The molecular weight excluding hydrogens is 292 g/mol. The lowest BCUT2D eigenvalue weighted by molar-refractivity contribution is 0.274. The molecule has 1 aromatic carbocycles. The highest BCUT2D eigenvalue weighted by molar-refractivity contribution is 5.53. The Hall–Kier alpha value is -1.59. The van der Waals surface area contributed by atoms with Gasteiger partial charge < -0.3 is 5.32 Å². The third-order valence-corrected chi connectivity index (χ3v) is 5.77. The van der Waals surface area contributed by atoms with Gasteiger partial charge in [-0.15, -0.1) is 0 Å². The number of nitrogens with zero attached hydrogens (tertiary/aromatic N) is 1. The average molecular weight is 322 g/mol. The molecule has 0 spiro atoms. The molecule has 2 aliphatic rings. The van der Waals surface area contributed by atoms with Crippen molar-refractivity contribution >= 4 is 6.08 Å². The normalized spacial score (nSPS) is 29.9. The molecule has 1 aromatic rings. The molecule has 3 rings (SSSR count). The molecule has 0 radical (unpaired) electrons. The number of hydrogen-bond acceptors (Lipinski definition) is 2. The lowest BCUT2D eigenvalue weighted by Gasteiger charge is -2.29. The maximum absolute atomic E-state index is 8.64. The number of benzene rings is 1. The van der Waals surface area contributed by atoms with Crippen molar-refractivity contribution in [2.75, 3.05) is 0 Å². The molecule has 0 amide bonds. The van der Waals surface area contributed by atoms with Gasteiger partial charge in [0, 0.05) is 18.5 Å². The Morgan fingerprint density at radius 3 is 2.67 bits per heavy atom. The molecule has 2 heteroatoms. The van der Waals surface area contributed by atoms with E-state index in [-0.39, 0.29) is 0 Å². The van der Waals surface area contributed by atoms with Crippen molar-refractivity contribution in [1.29, 1.82) is 5.26 Å². The highest BCUT2D eigenvalue weighted by Crippen LogP contribution is 2.39. The molecule has 0 heterocycles. The summed E-state index contributed by atoms with van der Waals surface area (Å²) >= 11 is 0. The second-order valence-corrected chi connectivity index (χ2v) is 7.68. The summed E-state index contributed by atoms with van der Waals surface area (Å²) in [5.41, 5.74) is 2.84. The van der Waals surface area contributed by atoms with Gasteiger partial charge in [-0.1, -0.05) is 42.0 Å². The van der Waals surface area contributed by atoms with Crippen LogP contribution in [0.25, 0.3) is 6.08 Å². The fourth-order valence-corrected chi connectivity index (χ4v) is 4.19. The van der Waals surface area contributed by atoms with Crippen molar-refractivity contribution in [2.45, 2.75) is 70.4 Å². The summed E-state index contributed by atoms with van der Waals surface area (Å²) in [5, 5.41) is 12.5. The van der Waals surface area contributed by atoms with Gasteiger partial charge in [0.2, 0.25) is 0 Å². The van der Waals surface area contributed by atoms with Crippen LogP contribution in [0.3, 0.4) is 0 Å². The van der Waals surface area contributed by atoms with E-state index in [1.165, 1.54) is 49.7 Å². The Kier molecular flexibility index (Phi) is 6.10. The first-order valence-electron chi connectivity index (χ1n) is 9.62. The first-order chi connectivity index (χ1) is 11.8. The third kappa shape index (κ3) is 4.95. The van der Waals surface area contributed by atoms with E-state index in [2.05, 4.69) is 54.7 Å². The summed E-state index contributed by atoms with van der Waals surface area (Å²) in [4.78, 5) is 0. The molecule has 0 bridgehead atoms. The fourth-order valence-electron chi connectivity index (χ4n) is 4.19. The van der Waals surface area contributed by atoms with Crippen LogP contribution in [-0.4, -0.2) is 12.1 Å². The standard InChI is InChI=1S/C22H30N2/c1-17(15-19-8-3-2-4-9-19)21-16-22(21)24-20-12-10-18(11-13-20)7-5-6-14-23/h2-4,8-9,15,18,20-22,24H,5-7,10-13,16H2,1H3/b17-15+/t18?,20?,21-,22+/m0/s1. The van der Waals surface area contributed by atoms with Crippen molar-refractivity contribution in [3.05, 3.63) is 41.5 Å². The summed E-state index contributed by atoms with van der Waals surface area (Å²) in [7, 11) is 0. The smallest absolute Gasteiger partial charge is 0.0621 e. The minimum Gasteiger partial charge on any atom is -0.311 e. The molecule has 2 aliphatic carbocycles. The first-order valence-corrected chi connectivity index (χ1v) is 9.62. The van der Waals surface area contributed by atoms with Gasteiger partial charge in [0.1, 0.15) is 0 Å². The monoisotopic (exact) mass is 322 g/mol. The van der Waals surface area contributed by atoms with Crippen LogP contribution in [0.15, 0.2) is 35.9 Å². The molecule has 24 heavy (non-hydrogen) atoms. The van der Waals surface area contributed by atoms with E-state index in [0.29, 0.717) is 6.04 Å². The van der Waals surface area contributed by atoms with E-state index in [0.717, 1.165) is 30.7 Å². The van der Waals surface area contributed by atoms with Crippen molar-refractivity contribution in [3.63, 3.8) is 0 Å². The zero-order valence-electron chi connectivity index (χ0n) is 14.9. The lowest BCUT2D eigenvalue weighted by atomic mass is 9.83. The topological polar surface area (TPSA) is 35.8 Å². The number of nitrogens with one attached hydrogen (secondary N) is 1. The zero-order chi connectivity index (χ0) is 16.8. The first kappa shape index (κ1) is 17.2. The molecule has 2 fully saturated rings. The molecule has 0 aromatic heterocycles. The van der Waals surface area contributed by atoms with Gasteiger partial charge >= 0.3 is 0 Å². The molecule has 1 N–H and O–H groups in total. The Balaban J connectivity index is 1.38. The lowest BCUT2D eigenvalue weighted by Crippen LogP contribution is -2.35. The van der Waals surface area contributed by atoms with E-state index in [9.17, 15) is 0 Å². The zero-order valence-corrected chi connectivity index (χ0v) is 14.9. The van der Waals surface area contributed by atoms with E-state index in [1.807, 2.05) is 0 Å². The van der Waals surface area contributed by atoms with Crippen LogP contribution in [0.4, 0.5) is 0 Å². The molecule has 0 aliphatic heterocycles. The second-order valence-electron chi connectivity index (χ2n) is 7.68. The van der Waals surface area contributed by atoms with Gasteiger partial charge in [0.05, 0.1) is 6.07 Å². The van der Waals surface area contributed by atoms with Crippen LogP contribution in [0.5, 0.6) is 0 Å². The van der Waals surface area contributed by atoms with Gasteiger partial charge in [-0.05, 0) is 69.3 Å². The molecule has 0 unspecified atom stereocenters. The largest absolute Gasteiger partial charge is 0.311 e. The second kappa shape index (κ2) is 8.49. The minimum atomic E-state index is 0.699. The van der Waals surface area contributed by atoms with Crippen LogP contribution in [0, 0.1) is 23.2 Å². The maximum atomic E-state index is 8.64. The average Bonchev–Trinajstić information content (AvgIpc) is 3.37. The predicted molar refractivity (Wildman–Crippen MR) is 100 cm³/mol. The summed E-state index contributed by atoms with van der Waals surface area (Å²) in [6.07, 6.45) is 12.1. The van der Waals surface area contributed by atoms with Gasteiger partial charge in [-0.2, -0.15) is 5.26 Å². The molecule has 0 saturated heterocycles. The summed E-state index contributed by atoms with van der Waals surface area (Å²) in [6.45, 7) is 2.28. The van der Waals surface area contributed by atoms with E-state index < -0.39 is 0 Å². The van der Waals surface area contributed by atoms with Crippen molar-refractivity contribution in [1.82, 2.24) is 5.32 Å². The quantitative estimate of drug-likeness (QED) is 0.690. The molecule has 2 saturated carbocycles. The van der Waals surface area contributed by atoms with Gasteiger partial charge in [0.15, 0.2) is 0 Å². The van der Waals surface area contributed by atoms with Crippen LogP contribution >= 0.6 is 0 Å². The Bertz CT molecular complexity index is 576. The van der Waals surface area contributed by atoms with E-state index in [4.69, 9.17) is 5.26 Å². The SMILES string of the molecule is C/C(=C\c1ccccc1)[C@@H]1C[C@H]1NC1CCC(CCCC#N)CC1. The Labute approximate surface area is 147 Å². The van der Waals surface area contributed by atoms with Crippen molar-refractivity contribution in [3.8, 4) is 6.07 Å². The highest BCUT2D eigenvalue weighted by Gasteiger charge is 2.39. The van der Waals surface area contributed by atoms with Crippen LogP contribution in [0.2, 0.25) is 0 Å². The fraction of sp³-hybridized carbons (Fsp3) is 0.591. The Morgan fingerprint density at radius 1 is 1.21 bits per heavy atom. The summed E-state index contributed by atoms with van der Waals surface area (Å²) in [5.74, 6) is 1.60.